The molecule has 1 aromatic carbocycles. The fraction of sp³-hybridized carbons (Fsp3) is 0.333. The van der Waals surface area contributed by atoms with Crippen molar-refractivity contribution in [1.82, 2.24) is 9.47 Å². The Morgan fingerprint density at radius 2 is 1.93 bits per heavy atom. The van der Waals surface area contributed by atoms with Crippen LogP contribution in [0.2, 0.25) is 5.02 Å². The zero-order valence-corrected chi connectivity index (χ0v) is 16.0. The van der Waals surface area contributed by atoms with Crippen molar-refractivity contribution in [2.45, 2.75) is 0 Å². The lowest BCUT2D eigenvalue weighted by Crippen LogP contribution is -2.49. The lowest BCUT2D eigenvalue weighted by atomic mass is 10.2. The zero-order valence-electron chi connectivity index (χ0n) is 15.2. The second-order valence-electron chi connectivity index (χ2n) is 6.38. The fourth-order valence-corrected chi connectivity index (χ4v) is 3.21. The van der Waals surface area contributed by atoms with Crippen molar-refractivity contribution in [3.63, 3.8) is 0 Å². The van der Waals surface area contributed by atoms with E-state index in [1.54, 1.807) is 11.0 Å². The van der Waals surface area contributed by atoms with E-state index >= 15 is 0 Å². The van der Waals surface area contributed by atoms with Crippen molar-refractivity contribution in [3.05, 3.63) is 57.4 Å². The number of hydrogen-bond acceptors (Lipinski definition) is 6. The van der Waals surface area contributed by atoms with Crippen LogP contribution in [0.5, 0.6) is 0 Å². The van der Waals surface area contributed by atoms with Crippen molar-refractivity contribution in [2.75, 3.05) is 37.7 Å². The maximum Gasteiger partial charge on any atom is 0.355 e. The summed E-state index contributed by atoms with van der Waals surface area (Å²) < 4.78 is 6.34. The minimum Gasteiger partial charge on any atom is -0.451 e. The molecule has 0 radical (unpaired) electrons. The van der Waals surface area contributed by atoms with Gasteiger partial charge in [0.25, 0.3) is 11.6 Å². The number of anilines is 1. The Bertz CT molecular complexity index is 905. The summed E-state index contributed by atoms with van der Waals surface area (Å²) in [5.41, 5.74) is 0.805. The standard InChI is InChI=1S/C18H19ClN4O5/c1-20-11-15(23(26)27)10-16(20)18(25)28-12-17(24)22-7-5-21(6-8-22)14-4-2-3-13(19)9-14/h2-4,9-11H,5-8,12H2,1H3. The van der Waals surface area contributed by atoms with Crippen LogP contribution in [0.3, 0.4) is 0 Å². The van der Waals surface area contributed by atoms with Gasteiger partial charge in [0.15, 0.2) is 6.61 Å². The van der Waals surface area contributed by atoms with Crippen molar-refractivity contribution in [1.29, 1.82) is 0 Å². The van der Waals surface area contributed by atoms with Gasteiger partial charge in [-0.2, -0.15) is 0 Å². The third-order valence-corrected chi connectivity index (χ3v) is 4.78. The van der Waals surface area contributed by atoms with Gasteiger partial charge in [0.2, 0.25) is 0 Å². The molecule has 148 valence electrons. The summed E-state index contributed by atoms with van der Waals surface area (Å²) in [6.07, 6.45) is 1.22. The van der Waals surface area contributed by atoms with Gasteiger partial charge in [-0.1, -0.05) is 17.7 Å². The molecule has 1 aliphatic rings. The normalized spacial score (nSPS) is 14.1. The van der Waals surface area contributed by atoms with Gasteiger partial charge in [-0.3, -0.25) is 14.9 Å². The molecule has 0 saturated carbocycles. The number of halogens is 1. The maximum atomic E-state index is 12.3. The number of benzene rings is 1. The number of esters is 1. The van der Waals surface area contributed by atoms with Crippen molar-refractivity contribution in [3.8, 4) is 0 Å². The largest absolute Gasteiger partial charge is 0.451 e. The summed E-state index contributed by atoms with van der Waals surface area (Å²) in [4.78, 5) is 38.4. The number of piperazine rings is 1. The second kappa shape index (κ2) is 8.30. The zero-order chi connectivity index (χ0) is 20.3. The van der Waals surface area contributed by atoms with E-state index < -0.39 is 17.5 Å². The van der Waals surface area contributed by atoms with E-state index in [-0.39, 0.29) is 17.3 Å². The Labute approximate surface area is 166 Å². The number of amides is 1. The predicted octanol–water partition coefficient (Wildman–Crippen LogP) is 2.09. The Balaban J connectivity index is 1.51. The minimum atomic E-state index is -0.776. The Hall–Kier alpha value is -3.07. The molecule has 0 spiro atoms. The molecule has 0 N–H and O–H groups in total. The summed E-state index contributed by atoms with van der Waals surface area (Å²) in [5.74, 6) is -1.08. The van der Waals surface area contributed by atoms with E-state index in [0.29, 0.717) is 31.2 Å². The van der Waals surface area contributed by atoms with E-state index in [4.69, 9.17) is 16.3 Å². The highest BCUT2D eigenvalue weighted by molar-refractivity contribution is 6.30. The van der Waals surface area contributed by atoms with Crippen LogP contribution in [-0.4, -0.2) is 59.1 Å². The molecule has 1 fully saturated rings. The number of aryl methyl sites for hydroxylation is 1. The fourth-order valence-electron chi connectivity index (χ4n) is 3.03. The van der Waals surface area contributed by atoms with E-state index in [2.05, 4.69) is 4.90 Å². The average molecular weight is 407 g/mol. The van der Waals surface area contributed by atoms with Crippen LogP contribution in [0.4, 0.5) is 11.4 Å². The monoisotopic (exact) mass is 406 g/mol. The number of carbonyl (C=O) groups is 2. The molecule has 1 aliphatic heterocycles. The smallest absolute Gasteiger partial charge is 0.355 e. The number of nitrogens with zero attached hydrogens (tertiary/aromatic N) is 4. The van der Waals surface area contributed by atoms with Gasteiger partial charge in [0, 0.05) is 50.0 Å². The van der Waals surface area contributed by atoms with Crippen molar-refractivity contribution in [2.24, 2.45) is 7.05 Å². The molecule has 0 aliphatic carbocycles. The van der Waals surface area contributed by atoms with Crippen LogP contribution in [0.1, 0.15) is 10.5 Å². The highest BCUT2D eigenvalue weighted by Crippen LogP contribution is 2.21. The first-order valence-corrected chi connectivity index (χ1v) is 8.99. The van der Waals surface area contributed by atoms with E-state index in [9.17, 15) is 19.7 Å². The van der Waals surface area contributed by atoms with Gasteiger partial charge >= 0.3 is 5.97 Å². The molecule has 3 rings (SSSR count). The number of aromatic nitrogens is 1. The summed E-state index contributed by atoms with van der Waals surface area (Å²) >= 11 is 6.02. The molecule has 2 heterocycles. The van der Waals surface area contributed by atoms with E-state index in [1.165, 1.54) is 17.8 Å². The van der Waals surface area contributed by atoms with Crippen LogP contribution in [0.15, 0.2) is 36.5 Å². The van der Waals surface area contributed by atoms with Gasteiger partial charge in [-0.15, -0.1) is 0 Å². The molecule has 0 atom stereocenters. The quantitative estimate of drug-likeness (QED) is 0.428. The highest BCUT2D eigenvalue weighted by atomic mass is 35.5. The Kier molecular flexibility index (Phi) is 5.84. The SMILES string of the molecule is Cn1cc([N+](=O)[O-])cc1C(=O)OCC(=O)N1CCN(c2cccc(Cl)c2)CC1. The molecule has 1 saturated heterocycles. The minimum absolute atomic E-state index is 0.0188. The molecular weight excluding hydrogens is 388 g/mol. The molecular formula is C18H19ClN4O5. The van der Waals surface area contributed by atoms with E-state index in [1.807, 2.05) is 18.2 Å². The Morgan fingerprint density at radius 3 is 2.54 bits per heavy atom. The van der Waals surface area contributed by atoms with Crippen molar-refractivity contribution < 1.29 is 19.2 Å². The summed E-state index contributed by atoms with van der Waals surface area (Å²) in [6.45, 7) is 1.88. The lowest BCUT2D eigenvalue weighted by Gasteiger charge is -2.36. The predicted molar refractivity (Wildman–Crippen MR) is 103 cm³/mol. The van der Waals surface area contributed by atoms with Gasteiger partial charge in [0.05, 0.1) is 11.1 Å². The highest BCUT2D eigenvalue weighted by Gasteiger charge is 2.24. The first kappa shape index (κ1) is 19.7. The Morgan fingerprint density at radius 1 is 1.21 bits per heavy atom. The third kappa shape index (κ3) is 4.42. The molecule has 0 bridgehead atoms. The molecule has 1 amide bonds. The van der Waals surface area contributed by atoms with Gasteiger partial charge in [-0.25, -0.2) is 4.79 Å². The van der Waals surface area contributed by atoms with Gasteiger partial charge in [-0.05, 0) is 18.2 Å². The number of rotatable bonds is 5. The summed E-state index contributed by atoms with van der Waals surface area (Å²) in [6, 6.07) is 8.64. The van der Waals surface area contributed by atoms with Crippen molar-refractivity contribution >= 4 is 34.9 Å². The third-order valence-electron chi connectivity index (χ3n) is 4.54. The van der Waals surface area contributed by atoms with Crippen LogP contribution in [0.25, 0.3) is 0 Å². The molecule has 0 unspecified atom stereocenters. The van der Waals surface area contributed by atoms with Crippen LogP contribution in [0, 0.1) is 10.1 Å². The summed E-state index contributed by atoms with van der Waals surface area (Å²) in [5, 5.41) is 11.4. The number of hydrogen-bond donors (Lipinski definition) is 0. The topological polar surface area (TPSA) is 97.9 Å². The van der Waals surface area contributed by atoms with Gasteiger partial charge in [0.1, 0.15) is 5.69 Å². The first-order valence-electron chi connectivity index (χ1n) is 8.61. The van der Waals surface area contributed by atoms with Crippen LogP contribution in [-0.2, 0) is 16.6 Å². The van der Waals surface area contributed by atoms with Gasteiger partial charge < -0.3 is 19.1 Å². The van der Waals surface area contributed by atoms with E-state index in [0.717, 1.165) is 11.8 Å². The molecule has 2 aromatic rings. The lowest BCUT2D eigenvalue weighted by molar-refractivity contribution is -0.384. The summed E-state index contributed by atoms with van der Waals surface area (Å²) in [7, 11) is 1.50. The first-order chi connectivity index (χ1) is 13.3. The molecule has 1 aromatic heterocycles. The number of carbonyl (C=O) groups excluding carboxylic acids is 2. The maximum absolute atomic E-state index is 12.3. The van der Waals surface area contributed by atoms with Crippen LogP contribution >= 0.6 is 11.6 Å². The molecule has 28 heavy (non-hydrogen) atoms. The average Bonchev–Trinajstić information content (AvgIpc) is 3.08. The number of ether oxygens (including phenoxy) is 1. The number of nitro groups is 1. The van der Waals surface area contributed by atoms with Crippen LogP contribution < -0.4 is 4.90 Å². The molecule has 10 heteroatoms. The second-order valence-corrected chi connectivity index (χ2v) is 6.81. The molecule has 9 nitrogen and oxygen atoms in total.